The first-order valence-electron chi connectivity index (χ1n) is 5.09. The molecule has 16 heavy (non-hydrogen) atoms. The zero-order chi connectivity index (χ0) is 12.0. The Kier molecular flexibility index (Phi) is 6.13. The monoisotopic (exact) mass is 280 g/mol. The fourth-order valence-corrected chi connectivity index (χ4v) is 2.61. The van der Waals surface area contributed by atoms with Gasteiger partial charge in [-0.25, -0.2) is 0 Å². The van der Waals surface area contributed by atoms with Crippen molar-refractivity contribution in [3.8, 4) is 0 Å². The number of nitrogens with one attached hydrogen (secondary N) is 2. The maximum atomic E-state index is 11.6. The Hall–Kier alpha value is -0.290. The smallest absolute Gasteiger partial charge is 0.253 e. The molecule has 3 nitrogen and oxygen atoms in total. The molecule has 0 aliphatic heterocycles. The van der Waals surface area contributed by atoms with Crippen LogP contribution in [0.2, 0.25) is 8.67 Å². The van der Waals surface area contributed by atoms with Crippen LogP contribution in [0.15, 0.2) is 6.07 Å². The first kappa shape index (κ1) is 13.8. The van der Waals surface area contributed by atoms with E-state index in [0.29, 0.717) is 20.8 Å². The molecule has 0 fully saturated rings. The van der Waals surface area contributed by atoms with Crippen molar-refractivity contribution in [2.75, 3.05) is 19.6 Å². The second kappa shape index (κ2) is 7.12. The van der Waals surface area contributed by atoms with E-state index in [0.717, 1.165) is 19.5 Å². The zero-order valence-corrected chi connectivity index (χ0v) is 11.3. The molecule has 6 heteroatoms. The summed E-state index contributed by atoms with van der Waals surface area (Å²) in [7, 11) is 0. The number of halogens is 2. The fourth-order valence-electron chi connectivity index (χ4n) is 1.16. The molecule has 0 aromatic carbocycles. The fraction of sp³-hybridized carbons (Fsp3) is 0.500. The average molecular weight is 281 g/mol. The van der Waals surface area contributed by atoms with E-state index >= 15 is 0 Å². The highest BCUT2D eigenvalue weighted by atomic mass is 35.5. The summed E-state index contributed by atoms with van der Waals surface area (Å²) >= 11 is 12.8. The minimum absolute atomic E-state index is 0.175. The first-order valence-corrected chi connectivity index (χ1v) is 6.66. The Morgan fingerprint density at radius 2 is 2.12 bits per heavy atom. The summed E-state index contributed by atoms with van der Waals surface area (Å²) in [5.41, 5.74) is 0.451. The van der Waals surface area contributed by atoms with Crippen LogP contribution in [0, 0.1) is 0 Å². The van der Waals surface area contributed by atoms with Crippen molar-refractivity contribution in [3.05, 3.63) is 20.3 Å². The molecule has 0 saturated carbocycles. The highest BCUT2D eigenvalue weighted by Gasteiger charge is 2.13. The van der Waals surface area contributed by atoms with Crippen molar-refractivity contribution in [1.82, 2.24) is 10.6 Å². The molecular weight excluding hydrogens is 267 g/mol. The summed E-state index contributed by atoms with van der Waals surface area (Å²) in [6.45, 7) is 4.40. The molecule has 1 aromatic rings. The van der Waals surface area contributed by atoms with Gasteiger partial charge >= 0.3 is 0 Å². The minimum Gasteiger partial charge on any atom is -0.351 e. The summed E-state index contributed by atoms with van der Waals surface area (Å²) in [6, 6.07) is 1.59. The van der Waals surface area contributed by atoms with Crippen LogP contribution in [-0.4, -0.2) is 25.5 Å². The first-order chi connectivity index (χ1) is 7.65. The van der Waals surface area contributed by atoms with Gasteiger partial charge in [-0.2, -0.15) is 0 Å². The van der Waals surface area contributed by atoms with Crippen molar-refractivity contribution < 1.29 is 4.79 Å². The quantitative estimate of drug-likeness (QED) is 0.787. The van der Waals surface area contributed by atoms with Gasteiger partial charge in [0, 0.05) is 13.1 Å². The van der Waals surface area contributed by atoms with Crippen LogP contribution in [0.5, 0.6) is 0 Å². The van der Waals surface area contributed by atoms with Crippen molar-refractivity contribution in [1.29, 1.82) is 0 Å². The predicted molar refractivity (Wildman–Crippen MR) is 69.8 cm³/mol. The normalized spacial score (nSPS) is 10.4. The Morgan fingerprint density at radius 1 is 1.38 bits per heavy atom. The van der Waals surface area contributed by atoms with Gasteiger partial charge < -0.3 is 10.6 Å². The molecule has 0 aliphatic rings. The Labute approximate surface area is 109 Å². The molecule has 0 spiro atoms. The lowest BCUT2D eigenvalue weighted by Gasteiger charge is -2.05. The molecule has 0 saturated heterocycles. The van der Waals surface area contributed by atoms with Crippen LogP contribution in [0.1, 0.15) is 23.7 Å². The minimum atomic E-state index is -0.175. The maximum absolute atomic E-state index is 11.6. The summed E-state index contributed by atoms with van der Waals surface area (Å²) < 4.78 is 0.961. The molecule has 1 amide bonds. The van der Waals surface area contributed by atoms with E-state index in [1.807, 2.05) is 0 Å². The molecule has 1 rings (SSSR count). The average Bonchev–Trinajstić information content (AvgIpc) is 2.57. The SMILES string of the molecule is CCCNCCNC(=O)c1cc(Cl)sc1Cl. The Balaban J connectivity index is 2.33. The molecule has 2 N–H and O–H groups in total. The Morgan fingerprint density at radius 3 is 2.69 bits per heavy atom. The molecule has 0 aliphatic carbocycles. The summed E-state index contributed by atoms with van der Waals surface area (Å²) in [5, 5.41) is 5.96. The lowest BCUT2D eigenvalue weighted by molar-refractivity contribution is 0.0954. The molecule has 1 aromatic heterocycles. The van der Waals surface area contributed by atoms with E-state index in [1.54, 1.807) is 6.07 Å². The number of carbonyl (C=O) groups excluding carboxylic acids is 1. The highest BCUT2D eigenvalue weighted by molar-refractivity contribution is 7.20. The number of thiophene rings is 1. The molecule has 0 radical (unpaired) electrons. The number of amides is 1. The molecule has 90 valence electrons. The van der Waals surface area contributed by atoms with Gasteiger partial charge in [-0.3, -0.25) is 4.79 Å². The molecule has 1 heterocycles. The van der Waals surface area contributed by atoms with Gasteiger partial charge in [0.15, 0.2) is 0 Å². The zero-order valence-electron chi connectivity index (χ0n) is 8.98. The van der Waals surface area contributed by atoms with Crippen LogP contribution in [-0.2, 0) is 0 Å². The van der Waals surface area contributed by atoms with Gasteiger partial charge in [0.25, 0.3) is 5.91 Å². The lowest BCUT2D eigenvalue weighted by atomic mass is 10.3. The van der Waals surface area contributed by atoms with Crippen molar-refractivity contribution in [3.63, 3.8) is 0 Å². The standard InChI is InChI=1S/C10H14Cl2N2OS/c1-2-3-13-4-5-14-10(15)7-6-8(11)16-9(7)12/h6,13H,2-5H2,1H3,(H,14,15). The predicted octanol–water partition coefficient (Wildman–Crippen LogP) is 2.78. The number of rotatable bonds is 6. The molecular formula is C10H14Cl2N2OS. The summed E-state index contributed by atoms with van der Waals surface area (Å²) in [5.74, 6) is -0.175. The summed E-state index contributed by atoms with van der Waals surface area (Å²) in [4.78, 5) is 11.6. The van der Waals surface area contributed by atoms with Crippen LogP contribution >= 0.6 is 34.5 Å². The third-order valence-electron chi connectivity index (χ3n) is 1.92. The van der Waals surface area contributed by atoms with Gasteiger partial charge in [0.2, 0.25) is 0 Å². The largest absolute Gasteiger partial charge is 0.351 e. The Bertz CT molecular complexity index is 355. The molecule has 0 unspecified atom stereocenters. The van der Waals surface area contributed by atoms with Crippen molar-refractivity contribution in [2.24, 2.45) is 0 Å². The van der Waals surface area contributed by atoms with E-state index in [4.69, 9.17) is 23.2 Å². The highest BCUT2D eigenvalue weighted by Crippen LogP contribution is 2.30. The maximum Gasteiger partial charge on any atom is 0.253 e. The molecule has 0 bridgehead atoms. The summed E-state index contributed by atoms with van der Waals surface area (Å²) in [6.07, 6.45) is 1.08. The van der Waals surface area contributed by atoms with E-state index in [-0.39, 0.29) is 5.91 Å². The van der Waals surface area contributed by atoms with Crippen LogP contribution in [0.3, 0.4) is 0 Å². The van der Waals surface area contributed by atoms with Gasteiger partial charge in [-0.05, 0) is 19.0 Å². The third kappa shape index (κ3) is 4.29. The van der Waals surface area contributed by atoms with Gasteiger partial charge in [0.05, 0.1) is 9.90 Å². The number of hydrogen-bond donors (Lipinski definition) is 2. The van der Waals surface area contributed by atoms with E-state index in [9.17, 15) is 4.79 Å². The van der Waals surface area contributed by atoms with E-state index in [1.165, 1.54) is 11.3 Å². The van der Waals surface area contributed by atoms with E-state index < -0.39 is 0 Å². The van der Waals surface area contributed by atoms with E-state index in [2.05, 4.69) is 17.6 Å². The number of carbonyl (C=O) groups is 1. The topological polar surface area (TPSA) is 41.1 Å². The number of hydrogen-bond acceptors (Lipinski definition) is 3. The van der Waals surface area contributed by atoms with Gasteiger partial charge in [-0.1, -0.05) is 30.1 Å². The molecule has 0 atom stereocenters. The van der Waals surface area contributed by atoms with Crippen LogP contribution in [0.25, 0.3) is 0 Å². The van der Waals surface area contributed by atoms with Crippen molar-refractivity contribution in [2.45, 2.75) is 13.3 Å². The third-order valence-corrected chi connectivity index (χ3v) is 3.40. The lowest BCUT2D eigenvalue weighted by Crippen LogP contribution is -2.32. The van der Waals surface area contributed by atoms with Gasteiger partial charge in [-0.15, -0.1) is 11.3 Å². The second-order valence-electron chi connectivity index (χ2n) is 3.24. The van der Waals surface area contributed by atoms with Gasteiger partial charge in [0.1, 0.15) is 4.34 Å². The van der Waals surface area contributed by atoms with Crippen LogP contribution in [0.4, 0.5) is 0 Å². The van der Waals surface area contributed by atoms with Crippen molar-refractivity contribution >= 4 is 40.4 Å². The van der Waals surface area contributed by atoms with Crippen LogP contribution < -0.4 is 10.6 Å². The second-order valence-corrected chi connectivity index (χ2v) is 5.53.